The summed E-state index contributed by atoms with van der Waals surface area (Å²) in [4.78, 5) is 40.6. The van der Waals surface area contributed by atoms with Gasteiger partial charge in [-0.2, -0.15) is 0 Å². The number of aromatic nitrogens is 1. The summed E-state index contributed by atoms with van der Waals surface area (Å²) in [6, 6.07) is 12.9. The van der Waals surface area contributed by atoms with E-state index in [1.54, 1.807) is 10.6 Å². The van der Waals surface area contributed by atoms with E-state index in [9.17, 15) is 14.4 Å². The highest BCUT2D eigenvalue weighted by Crippen LogP contribution is 2.35. The molecule has 8 heteroatoms. The molecule has 2 bridgehead atoms. The van der Waals surface area contributed by atoms with Gasteiger partial charge in [0.1, 0.15) is 11.4 Å². The molecule has 31 heavy (non-hydrogen) atoms. The minimum atomic E-state index is -0.177. The second kappa shape index (κ2) is 8.93. The zero-order chi connectivity index (χ0) is 22.0. The number of amides is 2. The van der Waals surface area contributed by atoms with E-state index in [0.717, 1.165) is 17.0 Å². The monoisotopic (exact) mass is 425 g/mol. The number of pyridine rings is 1. The Morgan fingerprint density at radius 2 is 1.87 bits per heavy atom. The van der Waals surface area contributed by atoms with E-state index >= 15 is 0 Å². The lowest BCUT2D eigenvalue weighted by Crippen LogP contribution is -3.06. The molecule has 2 N–H and O–H groups in total. The maximum absolute atomic E-state index is 13.0. The summed E-state index contributed by atoms with van der Waals surface area (Å²) in [5.41, 5.74) is 1.08. The molecule has 2 aromatic rings. The molecule has 1 fully saturated rings. The number of likely N-dealkylation sites (tertiary alicyclic amines) is 1. The normalized spacial score (nSPS) is 19.6. The van der Waals surface area contributed by atoms with E-state index in [2.05, 4.69) is 5.32 Å². The minimum absolute atomic E-state index is 0.00902. The quantitative estimate of drug-likeness (QED) is 0.680. The number of rotatable bonds is 6. The van der Waals surface area contributed by atoms with E-state index in [4.69, 9.17) is 4.74 Å². The van der Waals surface area contributed by atoms with E-state index in [0.29, 0.717) is 37.6 Å². The SMILES string of the molecule is C[NH+](C)CC(=O)Nc1ccc2n(c1=O)C[C@H]1C[C@@H]2CN(C(=O)COc2ccccc2)C1. The smallest absolute Gasteiger partial charge is 0.279 e. The van der Waals surface area contributed by atoms with Crippen molar-refractivity contribution in [2.45, 2.75) is 18.9 Å². The van der Waals surface area contributed by atoms with Crippen molar-refractivity contribution in [2.24, 2.45) is 5.92 Å². The number of ether oxygens (including phenoxy) is 1. The Morgan fingerprint density at radius 3 is 2.61 bits per heavy atom. The minimum Gasteiger partial charge on any atom is -0.484 e. The molecule has 1 aromatic carbocycles. The fourth-order valence-electron chi connectivity index (χ4n) is 4.51. The number of hydrogen-bond donors (Lipinski definition) is 2. The zero-order valence-electron chi connectivity index (χ0n) is 18.0. The average molecular weight is 426 g/mol. The largest absolute Gasteiger partial charge is 0.484 e. The van der Waals surface area contributed by atoms with Crippen LogP contribution in [0, 0.1) is 5.92 Å². The molecule has 0 radical (unpaired) electrons. The highest BCUT2D eigenvalue weighted by molar-refractivity contribution is 5.91. The van der Waals surface area contributed by atoms with E-state index < -0.39 is 0 Å². The van der Waals surface area contributed by atoms with Crippen LogP contribution in [0.3, 0.4) is 0 Å². The summed E-state index contributed by atoms with van der Waals surface area (Å²) < 4.78 is 7.40. The van der Waals surface area contributed by atoms with E-state index in [-0.39, 0.29) is 35.8 Å². The van der Waals surface area contributed by atoms with Gasteiger partial charge in [-0.3, -0.25) is 14.4 Å². The first-order chi connectivity index (χ1) is 14.9. The van der Waals surface area contributed by atoms with Crippen molar-refractivity contribution in [3.05, 3.63) is 58.5 Å². The molecule has 2 amide bonds. The van der Waals surface area contributed by atoms with Crippen molar-refractivity contribution in [1.29, 1.82) is 0 Å². The van der Waals surface area contributed by atoms with E-state index in [1.165, 1.54) is 0 Å². The van der Waals surface area contributed by atoms with Gasteiger partial charge in [-0.25, -0.2) is 0 Å². The number of carbonyl (C=O) groups is 2. The van der Waals surface area contributed by atoms with Gasteiger partial charge in [-0.15, -0.1) is 0 Å². The molecule has 8 nitrogen and oxygen atoms in total. The summed E-state index contributed by atoms with van der Waals surface area (Å²) in [6.45, 7) is 2.04. The number of piperidine rings is 1. The molecule has 4 rings (SSSR count). The molecule has 2 aliphatic heterocycles. The highest BCUT2D eigenvalue weighted by Gasteiger charge is 2.36. The standard InChI is InChI=1S/C23H28N4O4/c1-25(2)14-21(28)24-19-8-9-20-17-10-16(12-27(20)23(19)30)11-26(13-17)22(29)15-31-18-6-4-3-5-7-18/h3-9,16-17H,10-15H2,1-2H3,(H,24,28)/p+1/t16-,17+/m0/s1. The summed E-state index contributed by atoms with van der Waals surface area (Å²) in [7, 11) is 3.77. The molecule has 2 aliphatic rings. The number of hydrogen-bond acceptors (Lipinski definition) is 4. The maximum Gasteiger partial charge on any atom is 0.279 e. The molecule has 1 aromatic heterocycles. The van der Waals surface area contributed by atoms with Crippen LogP contribution in [0.25, 0.3) is 0 Å². The van der Waals surface area contributed by atoms with Crippen LogP contribution >= 0.6 is 0 Å². The third-order valence-corrected chi connectivity index (χ3v) is 5.85. The van der Waals surface area contributed by atoms with Crippen molar-refractivity contribution >= 4 is 17.5 Å². The summed E-state index contributed by atoms with van der Waals surface area (Å²) in [5, 5.41) is 2.74. The van der Waals surface area contributed by atoms with Crippen molar-refractivity contribution < 1.29 is 19.2 Å². The lowest BCUT2D eigenvalue weighted by atomic mass is 9.83. The predicted octanol–water partition coefficient (Wildman–Crippen LogP) is -0.0440. The molecule has 0 aliphatic carbocycles. The van der Waals surface area contributed by atoms with Gasteiger partial charge in [0.25, 0.3) is 17.4 Å². The average Bonchev–Trinajstić information content (AvgIpc) is 2.74. The number of nitrogens with zero attached hydrogens (tertiary/aromatic N) is 2. The van der Waals surface area contributed by atoms with Crippen LogP contribution in [0.5, 0.6) is 5.75 Å². The molecular weight excluding hydrogens is 396 g/mol. The van der Waals surface area contributed by atoms with Gasteiger partial charge in [0.2, 0.25) is 0 Å². The molecule has 3 heterocycles. The number of quaternary nitrogens is 1. The molecule has 0 unspecified atom stereocenters. The zero-order valence-corrected chi connectivity index (χ0v) is 18.0. The Balaban J connectivity index is 1.44. The topological polar surface area (TPSA) is 85.1 Å². The lowest BCUT2D eigenvalue weighted by molar-refractivity contribution is -0.849. The molecule has 1 saturated heterocycles. The van der Waals surface area contributed by atoms with Crippen LogP contribution in [-0.2, 0) is 16.1 Å². The fraction of sp³-hybridized carbons (Fsp3) is 0.435. The van der Waals surface area contributed by atoms with Crippen molar-refractivity contribution in [3.63, 3.8) is 0 Å². The Morgan fingerprint density at radius 1 is 1.10 bits per heavy atom. The van der Waals surface area contributed by atoms with Gasteiger partial charge in [0, 0.05) is 31.2 Å². The third-order valence-electron chi connectivity index (χ3n) is 5.85. The Labute approximate surface area is 181 Å². The molecule has 0 spiro atoms. The van der Waals surface area contributed by atoms with Gasteiger partial charge in [-0.1, -0.05) is 18.2 Å². The lowest BCUT2D eigenvalue weighted by Gasteiger charge is -2.42. The van der Waals surface area contributed by atoms with Crippen LogP contribution < -0.4 is 20.5 Å². The number of para-hydroxylation sites is 1. The number of anilines is 1. The van der Waals surface area contributed by atoms with Gasteiger partial charge < -0.3 is 24.4 Å². The first kappa shape index (κ1) is 21.1. The Kier molecular flexibility index (Phi) is 6.08. The van der Waals surface area contributed by atoms with Crippen LogP contribution in [0.4, 0.5) is 5.69 Å². The fourth-order valence-corrected chi connectivity index (χ4v) is 4.51. The van der Waals surface area contributed by atoms with Gasteiger partial charge >= 0.3 is 0 Å². The number of benzene rings is 1. The maximum atomic E-state index is 13.0. The van der Waals surface area contributed by atoms with Crippen molar-refractivity contribution in [2.75, 3.05) is 45.7 Å². The van der Waals surface area contributed by atoms with Crippen molar-refractivity contribution in [1.82, 2.24) is 9.47 Å². The molecular formula is C23H29N4O4+. The van der Waals surface area contributed by atoms with Gasteiger partial charge in [0.15, 0.2) is 13.2 Å². The number of fused-ring (bicyclic) bond motifs is 4. The number of carbonyl (C=O) groups excluding carboxylic acids is 2. The Hall–Kier alpha value is -3.13. The Bertz CT molecular complexity index is 1020. The number of nitrogens with one attached hydrogen (secondary N) is 2. The summed E-state index contributed by atoms with van der Waals surface area (Å²) in [6.07, 6.45) is 0.957. The molecule has 2 atom stereocenters. The first-order valence-corrected chi connectivity index (χ1v) is 10.7. The predicted molar refractivity (Wildman–Crippen MR) is 116 cm³/mol. The van der Waals surface area contributed by atoms with Crippen LogP contribution in [-0.4, -0.2) is 61.6 Å². The summed E-state index contributed by atoms with van der Waals surface area (Å²) >= 11 is 0. The van der Waals surface area contributed by atoms with Crippen molar-refractivity contribution in [3.8, 4) is 5.75 Å². The van der Waals surface area contributed by atoms with Gasteiger partial charge in [-0.05, 0) is 36.6 Å². The van der Waals surface area contributed by atoms with E-state index in [1.807, 2.05) is 55.4 Å². The first-order valence-electron chi connectivity index (χ1n) is 10.7. The van der Waals surface area contributed by atoms with Crippen LogP contribution in [0.2, 0.25) is 0 Å². The highest BCUT2D eigenvalue weighted by atomic mass is 16.5. The van der Waals surface area contributed by atoms with Crippen LogP contribution in [0.15, 0.2) is 47.3 Å². The summed E-state index contributed by atoms with van der Waals surface area (Å²) in [5.74, 6) is 0.780. The number of likely N-dealkylation sites (N-methyl/N-ethyl adjacent to an activating group) is 1. The molecule has 164 valence electrons. The van der Waals surface area contributed by atoms with Gasteiger partial charge in [0.05, 0.1) is 14.1 Å². The second-order valence-corrected chi connectivity index (χ2v) is 8.72. The second-order valence-electron chi connectivity index (χ2n) is 8.72. The van der Waals surface area contributed by atoms with Crippen LogP contribution in [0.1, 0.15) is 18.0 Å². The molecule has 0 saturated carbocycles. The third kappa shape index (κ3) is 4.80.